The molecule has 9 atom stereocenters. The minimum atomic E-state index is -0.757. The average Bonchev–Trinajstić information content (AvgIpc) is 3.09. The van der Waals surface area contributed by atoms with Crippen molar-refractivity contribution in [1.82, 2.24) is 0 Å². The molecule has 1 heterocycles. The van der Waals surface area contributed by atoms with E-state index in [1.54, 1.807) is 0 Å². The molecule has 6 rings (SSSR count). The second kappa shape index (κ2) is 6.58. The second-order valence-corrected chi connectivity index (χ2v) is 14.4. The van der Waals surface area contributed by atoms with Crippen LogP contribution in [0.15, 0.2) is 23.4 Å². The van der Waals surface area contributed by atoms with Crippen LogP contribution in [0.4, 0.5) is 0 Å². The molecule has 5 aliphatic carbocycles. The van der Waals surface area contributed by atoms with Crippen molar-refractivity contribution in [2.45, 2.75) is 92.6 Å². The van der Waals surface area contributed by atoms with Gasteiger partial charge in [0.2, 0.25) is 5.70 Å². The average molecular weight is 476 g/mol. The molecule has 0 radical (unpaired) electrons. The SMILES string of the molecule is [C-]#[N+]C1=C[C@]2(C)C3=CC(=O)[C@]45OCC6(CC[C@@H](C)[C@H](C)[C@H]64)CC[C@@]5(C)[C@]3(C)CC[C@H]2C(C)(C)C1=O. The predicted molar refractivity (Wildman–Crippen MR) is 135 cm³/mol. The van der Waals surface area contributed by atoms with Crippen LogP contribution in [0.2, 0.25) is 0 Å². The normalized spacial score (nSPS) is 53.9. The van der Waals surface area contributed by atoms with Gasteiger partial charge in [-0.15, -0.1) is 0 Å². The number of nitrogens with zero attached hydrogens (tertiary/aromatic N) is 1. The number of rotatable bonds is 0. The molecule has 0 aromatic carbocycles. The summed E-state index contributed by atoms with van der Waals surface area (Å²) in [5.74, 6) is 1.52. The van der Waals surface area contributed by atoms with Gasteiger partial charge >= 0.3 is 0 Å². The Kier molecular flexibility index (Phi) is 4.44. The van der Waals surface area contributed by atoms with Crippen LogP contribution >= 0.6 is 0 Å². The third-order valence-corrected chi connectivity index (χ3v) is 13.1. The zero-order chi connectivity index (χ0) is 25.4. The summed E-state index contributed by atoms with van der Waals surface area (Å²) in [5, 5.41) is 0. The van der Waals surface area contributed by atoms with Gasteiger partial charge < -0.3 is 9.53 Å². The molecule has 35 heavy (non-hydrogen) atoms. The maximum atomic E-state index is 14.6. The lowest BCUT2D eigenvalue weighted by Gasteiger charge is -2.70. The molecule has 0 aromatic rings. The maximum Gasteiger partial charge on any atom is 0.226 e. The summed E-state index contributed by atoms with van der Waals surface area (Å²) in [6.07, 6.45) is 10.3. The number of ether oxygens (including phenoxy) is 1. The number of Topliss-reactive ketones (excluding diaryl/α,β-unsaturated/α-hetero) is 1. The van der Waals surface area contributed by atoms with Crippen molar-refractivity contribution < 1.29 is 14.3 Å². The summed E-state index contributed by atoms with van der Waals surface area (Å²) in [5.41, 5.74) is -0.849. The molecule has 1 unspecified atom stereocenters. The van der Waals surface area contributed by atoms with Crippen molar-refractivity contribution >= 4 is 11.6 Å². The third-order valence-electron chi connectivity index (χ3n) is 13.1. The van der Waals surface area contributed by atoms with Gasteiger partial charge in [0, 0.05) is 27.6 Å². The van der Waals surface area contributed by atoms with E-state index in [0.717, 1.165) is 37.9 Å². The molecule has 3 saturated carbocycles. The van der Waals surface area contributed by atoms with E-state index in [9.17, 15) is 9.59 Å². The van der Waals surface area contributed by atoms with Gasteiger partial charge in [0.1, 0.15) is 5.60 Å². The number of carbonyl (C=O) groups excluding carboxylic acids is 2. The van der Waals surface area contributed by atoms with E-state index in [4.69, 9.17) is 11.3 Å². The van der Waals surface area contributed by atoms with E-state index in [1.165, 1.54) is 12.8 Å². The first-order valence-electron chi connectivity index (χ1n) is 13.8. The van der Waals surface area contributed by atoms with Crippen LogP contribution in [0, 0.1) is 57.3 Å². The van der Waals surface area contributed by atoms with Crippen molar-refractivity contribution in [2.24, 2.45) is 50.7 Å². The molecule has 0 amide bonds. The monoisotopic (exact) mass is 475 g/mol. The lowest BCUT2D eigenvalue weighted by Crippen LogP contribution is -2.72. The summed E-state index contributed by atoms with van der Waals surface area (Å²) >= 11 is 0. The van der Waals surface area contributed by atoms with E-state index in [0.29, 0.717) is 11.8 Å². The van der Waals surface area contributed by atoms with E-state index in [-0.39, 0.29) is 45.3 Å². The van der Waals surface area contributed by atoms with E-state index >= 15 is 0 Å². The fourth-order valence-electron chi connectivity index (χ4n) is 10.8. The number of fused-ring (bicyclic) bond motifs is 4. The number of carbonyl (C=O) groups is 2. The van der Waals surface area contributed by atoms with Gasteiger partial charge in [-0.3, -0.25) is 4.79 Å². The van der Waals surface area contributed by atoms with Crippen molar-refractivity contribution in [2.75, 3.05) is 6.61 Å². The summed E-state index contributed by atoms with van der Waals surface area (Å²) in [4.78, 5) is 31.4. The number of ketones is 2. The smallest absolute Gasteiger partial charge is 0.226 e. The largest absolute Gasteiger partial charge is 0.365 e. The molecular formula is C31H41NO3. The fourth-order valence-corrected chi connectivity index (χ4v) is 10.8. The molecule has 0 aromatic heterocycles. The number of hydrogen-bond donors (Lipinski definition) is 0. The van der Waals surface area contributed by atoms with Gasteiger partial charge in [-0.2, -0.15) is 0 Å². The van der Waals surface area contributed by atoms with Crippen LogP contribution in [0.25, 0.3) is 4.85 Å². The molecule has 0 N–H and O–H groups in total. The summed E-state index contributed by atoms with van der Waals surface area (Å²) in [6, 6.07) is 0. The molecule has 1 spiro atoms. The quantitative estimate of drug-likeness (QED) is 0.372. The highest BCUT2D eigenvalue weighted by Gasteiger charge is 2.79. The first-order chi connectivity index (χ1) is 16.3. The maximum absolute atomic E-state index is 14.6. The van der Waals surface area contributed by atoms with Crippen LogP contribution < -0.4 is 0 Å². The van der Waals surface area contributed by atoms with Gasteiger partial charge in [-0.25, -0.2) is 4.85 Å². The molecular weight excluding hydrogens is 434 g/mol. The van der Waals surface area contributed by atoms with Gasteiger partial charge in [0.15, 0.2) is 11.6 Å². The predicted octanol–water partition coefficient (Wildman–Crippen LogP) is 6.57. The van der Waals surface area contributed by atoms with E-state index in [2.05, 4.69) is 39.5 Å². The Morgan fingerprint density at radius 2 is 1.71 bits per heavy atom. The Morgan fingerprint density at radius 3 is 2.40 bits per heavy atom. The number of hydrogen-bond acceptors (Lipinski definition) is 3. The Hall–Kier alpha value is -1.73. The Balaban J connectivity index is 1.59. The lowest BCUT2D eigenvalue weighted by molar-refractivity contribution is -0.210. The molecule has 4 nitrogen and oxygen atoms in total. The molecule has 1 saturated heterocycles. The molecule has 4 fully saturated rings. The summed E-state index contributed by atoms with van der Waals surface area (Å²) in [7, 11) is 0. The highest BCUT2D eigenvalue weighted by Crippen LogP contribution is 2.78. The lowest BCUT2D eigenvalue weighted by atomic mass is 9.33. The topological polar surface area (TPSA) is 47.7 Å². The van der Waals surface area contributed by atoms with Crippen molar-refractivity contribution in [1.29, 1.82) is 0 Å². The summed E-state index contributed by atoms with van der Waals surface area (Å²) in [6.45, 7) is 24.2. The zero-order valence-corrected chi connectivity index (χ0v) is 22.6. The highest BCUT2D eigenvalue weighted by atomic mass is 16.5. The van der Waals surface area contributed by atoms with Crippen molar-refractivity contribution in [3.8, 4) is 0 Å². The highest BCUT2D eigenvalue weighted by molar-refractivity contribution is 6.04. The molecule has 188 valence electrons. The molecule has 2 bridgehead atoms. The van der Waals surface area contributed by atoms with Gasteiger partial charge in [0.25, 0.3) is 0 Å². The Bertz CT molecular complexity index is 1160. The van der Waals surface area contributed by atoms with Crippen molar-refractivity contribution in [3.05, 3.63) is 34.8 Å². The van der Waals surface area contributed by atoms with Crippen LogP contribution in [0.1, 0.15) is 87.0 Å². The van der Waals surface area contributed by atoms with Crippen LogP contribution in [0.3, 0.4) is 0 Å². The molecule has 1 aliphatic heterocycles. The minimum Gasteiger partial charge on any atom is -0.365 e. The van der Waals surface area contributed by atoms with E-state index in [1.807, 2.05) is 26.0 Å². The standard InChI is InChI=1S/C31H41NO3/c1-18-9-12-30-14-13-29(7)28(6)11-10-21-26(3,4)25(34)20(32-8)16-27(21,5)22(28)15-23(33)31(29,35-17-30)24(30)19(18)2/h15-16,18-19,21,24H,9-14,17H2,1-7H3/t18-,19+,21+,24-,27+,28-,29+,30?,31+/m1/s1. The Morgan fingerprint density at radius 1 is 1.00 bits per heavy atom. The molecule has 4 heteroatoms. The fraction of sp³-hybridized carbons (Fsp3) is 0.774. The first kappa shape index (κ1) is 23.7. The third kappa shape index (κ3) is 2.30. The minimum absolute atomic E-state index is 0.0457. The summed E-state index contributed by atoms with van der Waals surface area (Å²) < 4.78 is 6.91. The van der Waals surface area contributed by atoms with Gasteiger partial charge in [-0.05, 0) is 67.8 Å². The Labute approximate surface area is 210 Å². The first-order valence-corrected chi connectivity index (χ1v) is 13.8. The van der Waals surface area contributed by atoms with Crippen LogP contribution in [-0.4, -0.2) is 23.8 Å². The molecule has 6 aliphatic rings. The zero-order valence-electron chi connectivity index (χ0n) is 22.6. The van der Waals surface area contributed by atoms with Crippen LogP contribution in [-0.2, 0) is 14.3 Å². The van der Waals surface area contributed by atoms with Crippen LogP contribution in [0.5, 0.6) is 0 Å². The number of allylic oxidation sites excluding steroid dienone is 3. The van der Waals surface area contributed by atoms with Gasteiger partial charge in [-0.1, -0.05) is 60.1 Å². The van der Waals surface area contributed by atoms with Crippen molar-refractivity contribution in [3.63, 3.8) is 0 Å². The van der Waals surface area contributed by atoms with Gasteiger partial charge in [0.05, 0.1) is 13.2 Å². The van der Waals surface area contributed by atoms with E-state index < -0.39 is 16.4 Å². The second-order valence-electron chi connectivity index (χ2n) is 14.4.